The van der Waals surface area contributed by atoms with Crippen LogP contribution in [0.3, 0.4) is 0 Å². The minimum Gasteiger partial charge on any atom is -0.463 e. The number of hydrogen-bond acceptors (Lipinski definition) is 14. The average molecular weight is 1320 g/mol. The minimum atomic E-state index is -4.93. The average Bonchev–Trinajstić information content (AvgIpc) is 3.27. The van der Waals surface area contributed by atoms with Crippen molar-refractivity contribution >= 4 is 33.6 Å². The Morgan fingerprint density at radius 1 is 0.319 bits per heavy atom. The van der Waals surface area contributed by atoms with Gasteiger partial charge in [0.15, 0.2) is 6.10 Å². The molecule has 0 amide bonds. The molecule has 0 aliphatic carbocycles. The van der Waals surface area contributed by atoms with Gasteiger partial charge in [0, 0.05) is 19.3 Å². The number of carbonyl (C=O) groups excluding carboxylic acids is 3. The van der Waals surface area contributed by atoms with Crippen molar-refractivity contribution in [1.29, 1.82) is 0 Å². The van der Waals surface area contributed by atoms with E-state index in [1.54, 1.807) is 0 Å². The SMILES string of the molecule is CC/C=C\C/C=C\C/C=C\CCCCCCCCCC(=O)OCC(COP(=O)(O)OCC(O)COP(=O)(O)OCC(O)COC(=O)CCCCCCCCC/C=C\C/C=C\C/C=C\C/C=C\CCCCC)OC(=O)CCCCCCC/C=C\C/C=C\CCCCC. The van der Waals surface area contributed by atoms with Gasteiger partial charge in [0.2, 0.25) is 0 Å². The van der Waals surface area contributed by atoms with Crippen LogP contribution in [-0.2, 0) is 55.8 Å². The van der Waals surface area contributed by atoms with Crippen LogP contribution in [0.25, 0.3) is 0 Å². The maximum atomic E-state index is 12.9. The van der Waals surface area contributed by atoms with E-state index in [0.717, 1.165) is 173 Å². The molecule has 0 aliphatic heterocycles. The molecule has 0 fully saturated rings. The van der Waals surface area contributed by atoms with Crippen LogP contribution in [0, 0.1) is 0 Å². The first kappa shape index (κ1) is 87.2. The van der Waals surface area contributed by atoms with Crippen LogP contribution in [-0.4, -0.2) is 95.9 Å². The van der Waals surface area contributed by atoms with Gasteiger partial charge in [-0.15, -0.1) is 0 Å². The second-order valence-corrected chi connectivity index (χ2v) is 26.2. The topological polar surface area (TPSA) is 231 Å². The van der Waals surface area contributed by atoms with Gasteiger partial charge in [-0.2, -0.15) is 0 Å². The number of aliphatic hydroxyl groups excluding tert-OH is 2. The smallest absolute Gasteiger partial charge is 0.463 e. The molecule has 0 saturated carbocycles. The summed E-state index contributed by atoms with van der Waals surface area (Å²) in [6.45, 7) is 2.47. The van der Waals surface area contributed by atoms with Crippen molar-refractivity contribution in [2.24, 2.45) is 0 Å². The van der Waals surface area contributed by atoms with Gasteiger partial charge in [-0.25, -0.2) is 9.13 Å². The lowest BCUT2D eigenvalue weighted by Gasteiger charge is -2.21. The number of phosphoric ester groups is 2. The van der Waals surface area contributed by atoms with Crippen molar-refractivity contribution in [3.05, 3.63) is 109 Å². The van der Waals surface area contributed by atoms with Crippen molar-refractivity contribution in [2.45, 2.75) is 296 Å². The highest BCUT2D eigenvalue weighted by Crippen LogP contribution is 2.45. The highest BCUT2D eigenvalue weighted by molar-refractivity contribution is 7.47. The highest BCUT2D eigenvalue weighted by atomic mass is 31.2. The third kappa shape index (κ3) is 67.4. The van der Waals surface area contributed by atoms with Gasteiger partial charge >= 0.3 is 33.6 Å². The van der Waals surface area contributed by atoms with Crippen molar-refractivity contribution in [3.63, 3.8) is 0 Å². The quantitative estimate of drug-likeness (QED) is 0.0146. The summed E-state index contributed by atoms with van der Waals surface area (Å²) in [7, 11) is -9.79. The number of ether oxygens (including phenoxy) is 3. The fourth-order valence-electron chi connectivity index (χ4n) is 9.07. The van der Waals surface area contributed by atoms with Gasteiger partial charge in [-0.3, -0.25) is 32.5 Å². The Kier molecular flexibility index (Phi) is 63.5. The van der Waals surface area contributed by atoms with Crippen molar-refractivity contribution in [1.82, 2.24) is 0 Å². The number of allylic oxidation sites excluding steroid dienone is 18. The maximum Gasteiger partial charge on any atom is 0.472 e. The molecule has 16 nitrogen and oxygen atoms in total. The van der Waals surface area contributed by atoms with Crippen LogP contribution < -0.4 is 0 Å². The van der Waals surface area contributed by atoms with Gasteiger partial charge in [-0.05, 0) is 128 Å². The highest BCUT2D eigenvalue weighted by Gasteiger charge is 2.29. The molecular weight excluding hydrogens is 1190 g/mol. The molecule has 0 aromatic heterocycles. The molecule has 0 aromatic carbocycles. The lowest BCUT2D eigenvalue weighted by molar-refractivity contribution is -0.161. The summed E-state index contributed by atoms with van der Waals surface area (Å²) in [6, 6.07) is 0. The normalized spacial score (nSPS) is 14.8. The number of carbonyl (C=O) groups is 3. The Balaban J connectivity index is 4.64. The van der Waals surface area contributed by atoms with Gasteiger partial charge < -0.3 is 34.2 Å². The first-order valence-electron chi connectivity index (χ1n) is 35.2. The van der Waals surface area contributed by atoms with E-state index in [0.29, 0.717) is 19.3 Å². The molecule has 0 heterocycles. The predicted molar refractivity (Wildman–Crippen MR) is 371 cm³/mol. The van der Waals surface area contributed by atoms with E-state index in [1.807, 2.05) is 0 Å². The van der Waals surface area contributed by atoms with Gasteiger partial charge in [0.25, 0.3) is 0 Å². The largest absolute Gasteiger partial charge is 0.472 e. The fourth-order valence-corrected chi connectivity index (χ4v) is 10.7. The number of esters is 3. The van der Waals surface area contributed by atoms with Crippen molar-refractivity contribution in [2.75, 3.05) is 39.6 Å². The first-order valence-corrected chi connectivity index (χ1v) is 38.2. The summed E-state index contributed by atoms with van der Waals surface area (Å²) in [5, 5.41) is 20.6. The zero-order valence-electron chi connectivity index (χ0n) is 56.7. The Labute approximate surface area is 551 Å². The summed E-state index contributed by atoms with van der Waals surface area (Å²) in [4.78, 5) is 58.4. The van der Waals surface area contributed by atoms with Crippen LogP contribution in [0.1, 0.15) is 278 Å². The van der Waals surface area contributed by atoms with Crippen molar-refractivity contribution < 1.29 is 75.8 Å². The van der Waals surface area contributed by atoms with E-state index in [9.17, 15) is 43.5 Å². The number of unbranched alkanes of at least 4 members (excludes halogenated alkanes) is 25. The van der Waals surface area contributed by atoms with Gasteiger partial charge in [0.1, 0.15) is 25.4 Å². The molecule has 524 valence electrons. The third-order valence-electron chi connectivity index (χ3n) is 14.5. The second-order valence-electron chi connectivity index (χ2n) is 23.3. The van der Waals surface area contributed by atoms with Crippen molar-refractivity contribution in [3.8, 4) is 0 Å². The Bertz CT molecular complexity index is 2100. The molecule has 0 aliphatic rings. The summed E-state index contributed by atoms with van der Waals surface area (Å²) in [5.74, 6) is -1.61. The van der Waals surface area contributed by atoms with E-state index in [1.165, 1.54) is 44.9 Å². The molecule has 5 unspecified atom stereocenters. The fraction of sp³-hybridized carbons (Fsp3) is 0.712. The first-order chi connectivity index (χ1) is 44.2. The van der Waals surface area contributed by atoms with Crippen LogP contribution in [0.4, 0.5) is 0 Å². The zero-order valence-corrected chi connectivity index (χ0v) is 58.5. The van der Waals surface area contributed by atoms with Crippen LogP contribution in [0.5, 0.6) is 0 Å². The Morgan fingerprint density at radius 3 is 0.923 bits per heavy atom. The molecule has 0 rings (SSSR count). The monoisotopic (exact) mass is 1320 g/mol. The Hall–Kier alpha value is -3.79. The predicted octanol–water partition coefficient (Wildman–Crippen LogP) is 19.6. The third-order valence-corrected chi connectivity index (χ3v) is 16.4. The molecule has 0 radical (unpaired) electrons. The number of aliphatic hydroxyl groups is 2. The van der Waals surface area contributed by atoms with E-state index in [4.69, 9.17) is 32.3 Å². The molecule has 0 spiro atoms. The molecule has 0 bridgehead atoms. The molecule has 18 heteroatoms. The Morgan fingerprint density at radius 2 is 0.582 bits per heavy atom. The minimum absolute atomic E-state index is 0.0845. The molecule has 0 saturated heterocycles. The van der Waals surface area contributed by atoms with Crippen LogP contribution in [0.2, 0.25) is 0 Å². The molecular formula is C73H126O16P2. The van der Waals surface area contributed by atoms with Crippen LogP contribution in [0.15, 0.2) is 109 Å². The molecule has 0 aromatic rings. The second kappa shape index (κ2) is 66.2. The molecule has 4 N–H and O–H groups in total. The zero-order chi connectivity index (χ0) is 66.7. The van der Waals surface area contributed by atoms with E-state index in [2.05, 4.69) is 130 Å². The maximum absolute atomic E-state index is 12.9. The van der Waals surface area contributed by atoms with E-state index in [-0.39, 0.29) is 19.3 Å². The number of rotatable bonds is 66. The van der Waals surface area contributed by atoms with E-state index >= 15 is 0 Å². The summed E-state index contributed by atoms with van der Waals surface area (Å²) >= 11 is 0. The van der Waals surface area contributed by atoms with Gasteiger partial charge in [0.05, 0.1) is 26.4 Å². The summed E-state index contributed by atoms with van der Waals surface area (Å²) in [6.07, 6.45) is 74.2. The lowest BCUT2D eigenvalue weighted by Crippen LogP contribution is -2.30. The lowest BCUT2D eigenvalue weighted by atomic mass is 10.1. The number of phosphoric acid groups is 2. The van der Waals surface area contributed by atoms with E-state index < -0.39 is 91.5 Å². The number of hydrogen-bond donors (Lipinski definition) is 4. The molecule has 5 atom stereocenters. The standard InChI is InChI=1S/C73H126O16P2/c1-4-7-10-13-16-19-22-25-28-30-31-32-33-34-35-37-40-41-44-47-50-53-56-59-71(76)83-62-68(74)63-85-90(79,80)86-64-69(75)65-87-91(81,82)88-67-70(89-73(78)61-58-55-52-49-46-43-38-27-24-21-18-15-12-9-6-3)66-84-72(77)60-57-54-51-48-45-42-39-36-29-26-23-20-17-14-11-8-5-2/h8,11,16-21,25-29,31-32,34-35,38,68-70,74-75H,4-7,9-10,12-15,22-24,30,33,36-37,39-67H2,1-3H3,(H,79,80)(H,81,82)/b11-8-,19-16-,20-17-,21-18-,28-25-,29-26-,32-31-,35-34-,38-27-. The summed E-state index contributed by atoms with van der Waals surface area (Å²) < 4.78 is 60.9. The molecule has 91 heavy (non-hydrogen) atoms. The van der Waals surface area contributed by atoms with Crippen LogP contribution >= 0.6 is 15.6 Å². The summed E-state index contributed by atoms with van der Waals surface area (Å²) in [5.41, 5.74) is 0. The van der Waals surface area contributed by atoms with Gasteiger partial charge in [-0.1, -0.05) is 239 Å².